The fourth-order valence-corrected chi connectivity index (χ4v) is 4.66. The normalized spacial score (nSPS) is 15.4. The van der Waals surface area contributed by atoms with Crippen LogP contribution in [0.2, 0.25) is 0 Å². The van der Waals surface area contributed by atoms with Gasteiger partial charge in [-0.15, -0.1) is 16.8 Å². The first-order chi connectivity index (χ1) is 13.2. The lowest BCUT2D eigenvalue weighted by atomic mass is 9.89. The molecule has 3 rings (SSSR count). The van der Waals surface area contributed by atoms with Crippen LogP contribution in [0.4, 0.5) is 4.39 Å². The second-order valence-electron chi connectivity index (χ2n) is 7.42. The molecule has 0 aliphatic heterocycles. The molecule has 0 radical (unpaired) electrons. The van der Waals surface area contributed by atoms with Crippen molar-refractivity contribution in [1.82, 2.24) is 19.7 Å². The van der Waals surface area contributed by atoms with Crippen LogP contribution in [0, 0.1) is 11.7 Å². The Balaban J connectivity index is 1.62. The first-order valence-electron chi connectivity index (χ1n) is 9.74. The third-order valence-corrected chi connectivity index (χ3v) is 6.11. The second kappa shape index (κ2) is 10.0. The van der Waals surface area contributed by atoms with Gasteiger partial charge in [0.25, 0.3) is 0 Å². The zero-order valence-corrected chi connectivity index (χ0v) is 16.9. The summed E-state index contributed by atoms with van der Waals surface area (Å²) in [6.07, 6.45) is 8.69. The molecule has 1 aromatic carbocycles. The van der Waals surface area contributed by atoms with Crippen LogP contribution in [0.1, 0.15) is 43.5 Å². The minimum atomic E-state index is -0.203. The van der Waals surface area contributed by atoms with Crippen LogP contribution in [-0.4, -0.2) is 33.3 Å². The average Bonchev–Trinajstić information content (AvgIpc) is 3.03. The van der Waals surface area contributed by atoms with E-state index < -0.39 is 0 Å². The van der Waals surface area contributed by atoms with Crippen molar-refractivity contribution in [2.45, 2.75) is 56.1 Å². The van der Waals surface area contributed by atoms with Gasteiger partial charge in [0, 0.05) is 18.8 Å². The van der Waals surface area contributed by atoms with Crippen LogP contribution in [0.3, 0.4) is 0 Å². The van der Waals surface area contributed by atoms with Gasteiger partial charge >= 0.3 is 0 Å². The van der Waals surface area contributed by atoms with E-state index in [4.69, 9.17) is 0 Å². The largest absolute Gasteiger partial charge is 0.301 e. The smallest absolute Gasteiger partial charge is 0.191 e. The van der Waals surface area contributed by atoms with Crippen molar-refractivity contribution >= 4 is 11.8 Å². The number of benzene rings is 1. The molecule has 1 aliphatic carbocycles. The van der Waals surface area contributed by atoms with Gasteiger partial charge in [-0.05, 0) is 43.5 Å². The number of halogens is 1. The van der Waals surface area contributed by atoms with Gasteiger partial charge in [0.2, 0.25) is 0 Å². The Morgan fingerprint density at radius 1 is 1.30 bits per heavy atom. The van der Waals surface area contributed by atoms with E-state index in [-0.39, 0.29) is 5.82 Å². The van der Waals surface area contributed by atoms with Gasteiger partial charge in [-0.1, -0.05) is 49.2 Å². The lowest BCUT2D eigenvalue weighted by Gasteiger charge is -2.26. The molecular formula is C21H29FN4S. The van der Waals surface area contributed by atoms with Crippen molar-refractivity contribution < 1.29 is 4.39 Å². The summed E-state index contributed by atoms with van der Waals surface area (Å²) >= 11 is 1.59. The highest BCUT2D eigenvalue weighted by atomic mass is 32.2. The molecular weight excluding hydrogens is 359 g/mol. The Bertz CT molecular complexity index is 740. The molecule has 6 heteroatoms. The van der Waals surface area contributed by atoms with Crippen molar-refractivity contribution in [1.29, 1.82) is 0 Å². The highest BCUT2D eigenvalue weighted by Gasteiger charge is 2.18. The molecule has 4 nitrogen and oxygen atoms in total. The standard InChI is InChI=1S/C21H29FN4S/c1-3-12-26-20(15-25(2)14-17-8-5-4-6-9-17)23-24-21(26)27-16-18-10-7-11-19(22)13-18/h3,7,10-11,13,17H,1,4-6,8-9,12,14-16H2,2H3. The van der Waals surface area contributed by atoms with E-state index >= 15 is 0 Å². The number of hydrogen-bond donors (Lipinski definition) is 0. The molecule has 0 atom stereocenters. The zero-order chi connectivity index (χ0) is 19.1. The van der Waals surface area contributed by atoms with E-state index in [1.807, 2.05) is 12.1 Å². The van der Waals surface area contributed by atoms with Crippen LogP contribution >= 0.6 is 11.8 Å². The second-order valence-corrected chi connectivity index (χ2v) is 8.36. The third kappa shape index (κ3) is 5.91. The molecule has 1 heterocycles. The Morgan fingerprint density at radius 2 is 2.11 bits per heavy atom. The molecule has 0 saturated heterocycles. The molecule has 1 aliphatic rings. The predicted molar refractivity (Wildman–Crippen MR) is 109 cm³/mol. The molecule has 2 aromatic rings. The summed E-state index contributed by atoms with van der Waals surface area (Å²) in [5.41, 5.74) is 0.948. The van der Waals surface area contributed by atoms with Crippen LogP contribution < -0.4 is 0 Å². The van der Waals surface area contributed by atoms with Crippen LogP contribution in [0.5, 0.6) is 0 Å². The SMILES string of the molecule is C=CCn1c(CN(C)CC2CCCCC2)nnc1SCc1cccc(F)c1. The molecule has 0 spiro atoms. The first-order valence-corrected chi connectivity index (χ1v) is 10.7. The van der Waals surface area contributed by atoms with E-state index in [1.165, 1.54) is 38.2 Å². The van der Waals surface area contributed by atoms with Crippen molar-refractivity contribution in [2.75, 3.05) is 13.6 Å². The maximum atomic E-state index is 13.4. The fourth-order valence-electron chi connectivity index (χ4n) is 3.75. The Hall–Kier alpha value is -1.66. The zero-order valence-electron chi connectivity index (χ0n) is 16.1. The summed E-state index contributed by atoms with van der Waals surface area (Å²) in [6.45, 7) is 6.46. The van der Waals surface area contributed by atoms with Gasteiger partial charge in [-0.2, -0.15) is 0 Å². The number of hydrogen-bond acceptors (Lipinski definition) is 4. The number of allylic oxidation sites excluding steroid dienone is 1. The molecule has 146 valence electrons. The summed E-state index contributed by atoms with van der Waals surface area (Å²) in [7, 11) is 2.17. The van der Waals surface area contributed by atoms with Crippen molar-refractivity contribution in [3.63, 3.8) is 0 Å². The summed E-state index contributed by atoms with van der Waals surface area (Å²) in [5.74, 6) is 2.24. The quantitative estimate of drug-likeness (QED) is 0.452. The molecule has 0 amide bonds. The summed E-state index contributed by atoms with van der Waals surface area (Å²) in [4.78, 5) is 2.36. The summed E-state index contributed by atoms with van der Waals surface area (Å²) in [6, 6.07) is 6.71. The monoisotopic (exact) mass is 388 g/mol. The summed E-state index contributed by atoms with van der Waals surface area (Å²) < 4.78 is 15.5. The highest BCUT2D eigenvalue weighted by Crippen LogP contribution is 2.25. The van der Waals surface area contributed by atoms with Crippen LogP contribution in [-0.2, 0) is 18.8 Å². The van der Waals surface area contributed by atoms with E-state index in [0.29, 0.717) is 12.3 Å². The van der Waals surface area contributed by atoms with Crippen molar-refractivity contribution in [3.8, 4) is 0 Å². The van der Waals surface area contributed by atoms with Gasteiger partial charge < -0.3 is 4.57 Å². The van der Waals surface area contributed by atoms with Gasteiger partial charge in [0.15, 0.2) is 5.16 Å². The van der Waals surface area contributed by atoms with Crippen LogP contribution in [0.25, 0.3) is 0 Å². The molecule has 0 bridgehead atoms. The van der Waals surface area contributed by atoms with E-state index in [9.17, 15) is 4.39 Å². The molecule has 1 aromatic heterocycles. The van der Waals surface area contributed by atoms with E-state index in [0.717, 1.165) is 35.6 Å². The topological polar surface area (TPSA) is 34.0 Å². The average molecular weight is 389 g/mol. The van der Waals surface area contributed by atoms with Crippen LogP contribution in [0.15, 0.2) is 42.1 Å². The van der Waals surface area contributed by atoms with Gasteiger partial charge in [0.1, 0.15) is 11.6 Å². The van der Waals surface area contributed by atoms with Crippen molar-refractivity contribution in [2.24, 2.45) is 5.92 Å². The van der Waals surface area contributed by atoms with Gasteiger partial charge in [-0.3, -0.25) is 4.90 Å². The minimum absolute atomic E-state index is 0.203. The first kappa shape index (κ1) is 20.1. The lowest BCUT2D eigenvalue weighted by Crippen LogP contribution is -2.28. The maximum absolute atomic E-state index is 13.4. The Kier molecular flexibility index (Phi) is 7.47. The molecule has 27 heavy (non-hydrogen) atoms. The number of nitrogens with zero attached hydrogens (tertiary/aromatic N) is 4. The van der Waals surface area contributed by atoms with Crippen molar-refractivity contribution in [3.05, 3.63) is 54.1 Å². The molecule has 1 saturated carbocycles. The Morgan fingerprint density at radius 3 is 2.85 bits per heavy atom. The van der Waals surface area contributed by atoms with Gasteiger partial charge in [0.05, 0.1) is 6.54 Å². The molecule has 0 N–H and O–H groups in total. The molecule has 0 unspecified atom stereocenters. The maximum Gasteiger partial charge on any atom is 0.191 e. The lowest BCUT2D eigenvalue weighted by molar-refractivity contribution is 0.222. The fraction of sp³-hybridized carbons (Fsp3) is 0.524. The van der Waals surface area contributed by atoms with Gasteiger partial charge in [-0.25, -0.2) is 4.39 Å². The van der Waals surface area contributed by atoms with E-state index in [2.05, 4.69) is 33.3 Å². The number of rotatable bonds is 9. The predicted octanol–water partition coefficient (Wildman–Crippen LogP) is 4.91. The summed E-state index contributed by atoms with van der Waals surface area (Å²) in [5, 5.41) is 9.67. The highest BCUT2D eigenvalue weighted by molar-refractivity contribution is 7.98. The third-order valence-electron chi connectivity index (χ3n) is 5.07. The number of thioether (sulfide) groups is 1. The minimum Gasteiger partial charge on any atom is -0.301 e. The molecule has 1 fully saturated rings. The Labute approximate surface area is 165 Å². The van der Waals surface area contributed by atoms with E-state index in [1.54, 1.807) is 23.9 Å². The number of aromatic nitrogens is 3.